The SMILES string of the molecule is N#C/C(=N/Nc1ccccc1)C(=O)c1ccccc1Cl. The van der Waals surface area contributed by atoms with Crippen molar-refractivity contribution >= 4 is 28.8 Å². The molecule has 0 saturated heterocycles. The van der Waals surface area contributed by atoms with Gasteiger partial charge in [-0.25, -0.2) is 0 Å². The van der Waals surface area contributed by atoms with Gasteiger partial charge in [0.25, 0.3) is 0 Å². The Bertz CT molecular complexity index is 690. The average Bonchev–Trinajstić information content (AvgIpc) is 2.49. The molecule has 0 fully saturated rings. The van der Waals surface area contributed by atoms with Gasteiger partial charge in [0.1, 0.15) is 6.07 Å². The molecule has 0 heterocycles. The minimum atomic E-state index is -0.512. The highest BCUT2D eigenvalue weighted by atomic mass is 35.5. The fraction of sp³-hybridized carbons (Fsp3) is 0. The van der Waals surface area contributed by atoms with Crippen LogP contribution in [0.5, 0.6) is 0 Å². The molecule has 0 amide bonds. The first-order valence-electron chi connectivity index (χ1n) is 5.80. The highest BCUT2D eigenvalue weighted by Crippen LogP contribution is 2.16. The third-order valence-corrected chi connectivity index (χ3v) is 2.84. The second-order valence-corrected chi connectivity index (χ2v) is 4.27. The maximum absolute atomic E-state index is 12.1. The van der Waals surface area contributed by atoms with E-state index >= 15 is 0 Å². The Morgan fingerprint density at radius 1 is 1.10 bits per heavy atom. The zero-order valence-electron chi connectivity index (χ0n) is 10.4. The monoisotopic (exact) mass is 283 g/mol. The molecule has 0 aliphatic rings. The lowest BCUT2D eigenvalue weighted by Crippen LogP contribution is -2.14. The Kier molecular flexibility index (Phi) is 4.48. The number of rotatable bonds is 4. The second-order valence-electron chi connectivity index (χ2n) is 3.86. The van der Waals surface area contributed by atoms with Gasteiger partial charge in [0.15, 0.2) is 0 Å². The van der Waals surface area contributed by atoms with Crippen molar-refractivity contribution < 1.29 is 4.79 Å². The van der Waals surface area contributed by atoms with Crippen molar-refractivity contribution in [2.24, 2.45) is 5.10 Å². The van der Waals surface area contributed by atoms with E-state index in [0.29, 0.717) is 10.7 Å². The molecule has 5 heteroatoms. The maximum atomic E-state index is 12.1. The van der Waals surface area contributed by atoms with E-state index in [1.165, 1.54) is 0 Å². The van der Waals surface area contributed by atoms with Crippen LogP contribution >= 0.6 is 11.6 Å². The number of benzene rings is 2. The van der Waals surface area contributed by atoms with E-state index in [-0.39, 0.29) is 11.3 Å². The van der Waals surface area contributed by atoms with Gasteiger partial charge in [0, 0.05) is 5.56 Å². The number of anilines is 1. The first-order valence-corrected chi connectivity index (χ1v) is 6.18. The van der Waals surface area contributed by atoms with E-state index in [9.17, 15) is 4.79 Å². The quantitative estimate of drug-likeness (QED) is 0.530. The standard InChI is InChI=1S/C15H10ClN3O/c16-13-9-5-4-8-12(13)15(20)14(10-17)19-18-11-6-2-1-3-7-11/h1-9,18H/b19-14-. The maximum Gasteiger partial charge on any atom is 0.225 e. The molecule has 2 rings (SSSR count). The summed E-state index contributed by atoms with van der Waals surface area (Å²) in [6, 6.07) is 17.4. The number of carbonyl (C=O) groups excluding carboxylic acids is 1. The lowest BCUT2D eigenvalue weighted by atomic mass is 10.1. The van der Waals surface area contributed by atoms with E-state index in [0.717, 1.165) is 0 Å². The Morgan fingerprint density at radius 2 is 1.75 bits per heavy atom. The number of carbonyl (C=O) groups is 1. The molecule has 0 aromatic heterocycles. The van der Waals surface area contributed by atoms with Gasteiger partial charge in [0.2, 0.25) is 11.5 Å². The number of Topliss-reactive ketones (excluding diaryl/α,β-unsaturated/α-hetero) is 1. The van der Waals surface area contributed by atoms with E-state index in [1.807, 2.05) is 18.2 Å². The normalized spacial score (nSPS) is 10.7. The van der Waals surface area contributed by atoms with Crippen LogP contribution in [0, 0.1) is 11.3 Å². The largest absolute Gasteiger partial charge is 0.286 e. The smallest absolute Gasteiger partial charge is 0.225 e. The number of hydrogen-bond acceptors (Lipinski definition) is 4. The summed E-state index contributed by atoms with van der Waals surface area (Å²) in [7, 11) is 0. The molecule has 1 N–H and O–H groups in total. The van der Waals surface area contributed by atoms with Crippen molar-refractivity contribution in [2.75, 3.05) is 5.43 Å². The number of nitrogens with one attached hydrogen (secondary N) is 1. The van der Waals surface area contributed by atoms with Crippen LogP contribution in [0.25, 0.3) is 0 Å². The summed E-state index contributed by atoms with van der Waals surface area (Å²) >= 11 is 5.93. The van der Waals surface area contributed by atoms with Crippen LogP contribution in [-0.4, -0.2) is 11.5 Å². The van der Waals surface area contributed by atoms with Crippen molar-refractivity contribution in [1.82, 2.24) is 0 Å². The van der Waals surface area contributed by atoms with Crippen molar-refractivity contribution in [3.63, 3.8) is 0 Å². The molecular formula is C15H10ClN3O. The average molecular weight is 284 g/mol. The van der Waals surface area contributed by atoms with Gasteiger partial charge in [-0.3, -0.25) is 10.2 Å². The second kappa shape index (κ2) is 6.50. The zero-order chi connectivity index (χ0) is 14.4. The molecule has 0 radical (unpaired) electrons. The number of halogens is 1. The summed E-state index contributed by atoms with van der Waals surface area (Å²) in [5.41, 5.74) is 3.36. The van der Waals surface area contributed by atoms with Crippen LogP contribution in [0.4, 0.5) is 5.69 Å². The topological polar surface area (TPSA) is 65.2 Å². The molecule has 0 spiro atoms. The molecule has 2 aromatic rings. The zero-order valence-corrected chi connectivity index (χ0v) is 11.1. The highest BCUT2D eigenvalue weighted by Gasteiger charge is 2.16. The lowest BCUT2D eigenvalue weighted by molar-refractivity contribution is 0.106. The first-order chi connectivity index (χ1) is 9.72. The minimum Gasteiger partial charge on any atom is -0.286 e. The van der Waals surface area contributed by atoms with Crippen molar-refractivity contribution in [1.29, 1.82) is 5.26 Å². The van der Waals surface area contributed by atoms with Gasteiger partial charge in [-0.05, 0) is 24.3 Å². The Morgan fingerprint density at radius 3 is 2.40 bits per heavy atom. The van der Waals surface area contributed by atoms with Gasteiger partial charge in [0.05, 0.1) is 10.7 Å². The molecule has 0 aliphatic carbocycles. The van der Waals surface area contributed by atoms with Gasteiger partial charge in [-0.2, -0.15) is 10.4 Å². The third-order valence-electron chi connectivity index (χ3n) is 2.51. The minimum absolute atomic E-state index is 0.248. The molecule has 0 saturated carbocycles. The van der Waals surface area contributed by atoms with Gasteiger partial charge >= 0.3 is 0 Å². The number of para-hydroxylation sites is 1. The molecule has 98 valence electrons. The van der Waals surface area contributed by atoms with Crippen LogP contribution < -0.4 is 5.43 Å². The molecule has 4 nitrogen and oxygen atoms in total. The van der Waals surface area contributed by atoms with E-state index in [1.54, 1.807) is 42.5 Å². The van der Waals surface area contributed by atoms with Crippen molar-refractivity contribution in [2.45, 2.75) is 0 Å². The van der Waals surface area contributed by atoms with Crippen molar-refractivity contribution in [3.8, 4) is 6.07 Å². The van der Waals surface area contributed by atoms with Crippen molar-refractivity contribution in [3.05, 3.63) is 65.2 Å². The Balaban J connectivity index is 2.23. The Hall–Kier alpha value is -2.64. The van der Waals surface area contributed by atoms with E-state index < -0.39 is 5.78 Å². The summed E-state index contributed by atoms with van der Waals surface area (Å²) in [6.07, 6.45) is 0. The first kappa shape index (κ1) is 13.8. The van der Waals surface area contributed by atoms with Crippen LogP contribution in [0.1, 0.15) is 10.4 Å². The van der Waals surface area contributed by atoms with Gasteiger partial charge < -0.3 is 0 Å². The number of hydrogen-bond donors (Lipinski definition) is 1. The lowest BCUT2D eigenvalue weighted by Gasteiger charge is -2.02. The van der Waals surface area contributed by atoms with E-state index in [2.05, 4.69) is 10.5 Å². The molecule has 0 aliphatic heterocycles. The molecule has 0 atom stereocenters. The summed E-state index contributed by atoms with van der Waals surface area (Å²) in [4.78, 5) is 12.1. The molecule has 20 heavy (non-hydrogen) atoms. The van der Waals surface area contributed by atoms with E-state index in [4.69, 9.17) is 16.9 Å². The fourth-order valence-corrected chi connectivity index (χ4v) is 1.75. The van der Waals surface area contributed by atoms with Crippen LogP contribution in [0.15, 0.2) is 59.7 Å². The predicted octanol–water partition coefficient (Wildman–Crippen LogP) is 3.51. The molecule has 0 bridgehead atoms. The number of nitriles is 1. The molecule has 0 unspecified atom stereocenters. The molecule has 2 aromatic carbocycles. The van der Waals surface area contributed by atoms with Gasteiger partial charge in [-0.15, -0.1) is 0 Å². The summed E-state index contributed by atoms with van der Waals surface area (Å²) < 4.78 is 0. The Labute approximate surface area is 121 Å². The summed E-state index contributed by atoms with van der Waals surface area (Å²) in [5.74, 6) is -0.512. The summed E-state index contributed by atoms with van der Waals surface area (Å²) in [6.45, 7) is 0. The molecular weight excluding hydrogens is 274 g/mol. The summed E-state index contributed by atoms with van der Waals surface area (Å²) in [5, 5.41) is 13.2. The van der Waals surface area contributed by atoms with Gasteiger partial charge in [-0.1, -0.05) is 41.9 Å². The van der Waals surface area contributed by atoms with Crippen LogP contribution in [0.2, 0.25) is 5.02 Å². The highest BCUT2D eigenvalue weighted by molar-refractivity contribution is 6.53. The number of ketones is 1. The number of hydrazone groups is 1. The number of nitrogens with zero attached hydrogens (tertiary/aromatic N) is 2. The van der Waals surface area contributed by atoms with Crippen LogP contribution in [-0.2, 0) is 0 Å². The fourth-order valence-electron chi connectivity index (χ4n) is 1.53. The third kappa shape index (κ3) is 3.22. The van der Waals surface area contributed by atoms with Crippen LogP contribution in [0.3, 0.4) is 0 Å². The predicted molar refractivity (Wildman–Crippen MR) is 78.9 cm³/mol.